The predicted molar refractivity (Wildman–Crippen MR) is 118 cm³/mol. The lowest BCUT2D eigenvalue weighted by Gasteiger charge is -2.27. The smallest absolute Gasteiger partial charge is 0.295 e. The summed E-state index contributed by atoms with van der Waals surface area (Å²) in [7, 11) is 5.33. The van der Waals surface area contributed by atoms with Crippen LogP contribution in [0, 0.1) is 0 Å². The first-order chi connectivity index (χ1) is 14.9. The minimum absolute atomic E-state index is 0.0705. The van der Waals surface area contributed by atoms with Gasteiger partial charge in [0.05, 0.1) is 25.3 Å². The van der Waals surface area contributed by atoms with Crippen molar-refractivity contribution in [2.75, 3.05) is 40.9 Å². The molecule has 1 saturated heterocycles. The number of aliphatic hydroxyl groups excluding tert-OH is 1. The summed E-state index contributed by atoms with van der Waals surface area (Å²) in [6.45, 7) is 3.26. The minimum Gasteiger partial charge on any atom is -0.507 e. The Balaban J connectivity index is 2.16. The zero-order valence-corrected chi connectivity index (χ0v) is 18.3. The van der Waals surface area contributed by atoms with E-state index < -0.39 is 17.7 Å². The number of methoxy groups -OCH3 is 1. The first kappa shape index (κ1) is 22.4. The first-order valence-corrected chi connectivity index (χ1v) is 10.2. The summed E-state index contributed by atoms with van der Waals surface area (Å²) in [6.07, 6.45) is 0. The Morgan fingerprint density at radius 1 is 1.10 bits per heavy atom. The maximum atomic E-state index is 13.0. The molecule has 3 rings (SSSR count). The molecule has 164 valence electrons. The van der Waals surface area contributed by atoms with Crippen LogP contribution in [0.4, 0.5) is 0 Å². The Kier molecular flexibility index (Phi) is 6.97. The van der Waals surface area contributed by atoms with Gasteiger partial charge in [-0.05, 0) is 38.7 Å². The summed E-state index contributed by atoms with van der Waals surface area (Å²) in [5.74, 6) is -0.446. The van der Waals surface area contributed by atoms with E-state index in [2.05, 4.69) is 0 Å². The zero-order chi connectivity index (χ0) is 22.5. The molecule has 7 heteroatoms. The zero-order valence-electron chi connectivity index (χ0n) is 18.3. The van der Waals surface area contributed by atoms with Crippen LogP contribution in [-0.4, -0.2) is 67.5 Å². The van der Waals surface area contributed by atoms with Gasteiger partial charge in [0.1, 0.15) is 5.76 Å². The highest BCUT2D eigenvalue weighted by Gasteiger charge is 2.46. The van der Waals surface area contributed by atoms with Crippen molar-refractivity contribution < 1.29 is 24.2 Å². The number of likely N-dealkylation sites (tertiary alicyclic amines) is 1. The molecule has 2 aromatic carbocycles. The third-order valence-electron chi connectivity index (χ3n) is 5.18. The Bertz CT molecular complexity index is 985. The fourth-order valence-electron chi connectivity index (χ4n) is 3.65. The predicted octanol–water partition coefficient (Wildman–Crippen LogP) is 3.08. The Morgan fingerprint density at radius 3 is 2.42 bits per heavy atom. The SMILES string of the molecule is CCOc1ccc([C@H]2/C(=C(\O)c3ccccc3)C(=O)C(=O)N2CCN(C)C)cc1OC. The van der Waals surface area contributed by atoms with Crippen LogP contribution in [0.2, 0.25) is 0 Å². The van der Waals surface area contributed by atoms with E-state index in [1.165, 1.54) is 12.0 Å². The molecule has 0 radical (unpaired) electrons. The van der Waals surface area contributed by atoms with Gasteiger partial charge in [0.2, 0.25) is 0 Å². The fourth-order valence-corrected chi connectivity index (χ4v) is 3.65. The monoisotopic (exact) mass is 424 g/mol. The normalized spacial score (nSPS) is 18.0. The Hall–Kier alpha value is -3.32. The molecule has 1 aliphatic rings. The van der Waals surface area contributed by atoms with Crippen LogP contribution >= 0.6 is 0 Å². The average Bonchev–Trinajstić information content (AvgIpc) is 3.03. The maximum absolute atomic E-state index is 13.0. The molecular weight excluding hydrogens is 396 g/mol. The van der Waals surface area contributed by atoms with Crippen LogP contribution in [-0.2, 0) is 9.59 Å². The quantitative estimate of drug-likeness (QED) is 0.399. The van der Waals surface area contributed by atoms with Gasteiger partial charge in [-0.15, -0.1) is 0 Å². The molecule has 0 spiro atoms. The van der Waals surface area contributed by atoms with Gasteiger partial charge in [0, 0.05) is 18.7 Å². The lowest BCUT2D eigenvalue weighted by Crippen LogP contribution is -2.35. The van der Waals surface area contributed by atoms with Crippen molar-refractivity contribution in [2.24, 2.45) is 0 Å². The number of rotatable bonds is 8. The molecule has 7 nitrogen and oxygen atoms in total. The minimum atomic E-state index is -0.732. The van der Waals surface area contributed by atoms with E-state index in [1.54, 1.807) is 42.5 Å². The average molecular weight is 424 g/mol. The van der Waals surface area contributed by atoms with Crippen LogP contribution in [0.15, 0.2) is 54.1 Å². The number of Topliss-reactive ketones (excluding diaryl/α,β-unsaturated/α-hetero) is 1. The van der Waals surface area contributed by atoms with Gasteiger partial charge in [0.25, 0.3) is 11.7 Å². The molecule has 0 aromatic heterocycles. The number of ether oxygens (including phenoxy) is 2. The molecule has 1 fully saturated rings. The van der Waals surface area contributed by atoms with Gasteiger partial charge < -0.3 is 24.4 Å². The number of hydrogen-bond donors (Lipinski definition) is 1. The lowest BCUT2D eigenvalue weighted by atomic mass is 9.95. The van der Waals surface area contributed by atoms with Crippen molar-refractivity contribution in [3.63, 3.8) is 0 Å². The van der Waals surface area contributed by atoms with E-state index in [0.717, 1.165) is 0 Å². The van der Waals surface area contributed by atoms with Crippen molar-refractivity contribution in [1.29, 1.82) is 0 Å². The van der Waals surface area contributed by atoms with E-state index in [0.29, 0.717) is 42.3 Å². The van der Waals surface area contributed by atoms with E-state index in [9.17, 15) is 14.7 Å². The summed E-state index contributed by atoms with van der Waals surface area (Å²) in [4.78, 5) is 29.4. The summed E-state index contributed by atoms with van der Waals surface area (Å²) >= 11 is 0. The second kappa shape index (κ2) is 9.66. The van der Waals surface area contributed by atoms with Crippen LogP contribution in [0.5, 0.6) is 11.5 Å². The molecule has 2 aromatic rings. The number of aliphatic hydroxyl groups is 1. The topological polar surface area (TPSA) is 79.3 Å². The highest BCUT2D eigenvalue weighted by Crippen LogP contribution is 2.41. The highest BCUT2D eigenvalue weighted by atomic mass is 16.5. The van der Waals surface area contributed by atoms with Crippen molar-refractivity contribution in [3.8, 4) is 11.5 Å². The largest absolute Gasteiger partial charge is 0.507 e. The summed E-state index contributed by atoms with van der Waals surface area (Å²) in [5.41, 5.74) is 1.22. The first-order valence-electron chi connectivity index (χ1n) is 10.2. The Labute approximate surface area is 182 Å². The molecule has 1 heterocycles. The van der Waals surface area contributed by atoms with Crippen LogP contribution < -0.4 is 9.47 Å². The molecule has 1 aliphatic heterocycles. The van der Waals surface area contributed by atoms with E-state index in [4.69, 9.17) is 9.47 Å². The number of carbonyl (C=O) groups is 2. The second-order valence-corrected chi connectivity index (χ2v) is 7.51. The van der Waals surface area contributed by atoms with Crippen molar-refractivity contribution >= 4 is 17.4 Å². The number of likely N-dealkylation sites (N-methyl/N-ethyl adjacent to an activating group) is 1. The van der Waals surface area contributed by atoms with Gasteiger partial charge in [-0.25, -0.2) is 0 Å². The molecule has 0 aliphatic carbocycles. The molecular formula is C24H28N2O5. The van der Waals surface area contributed by atoms with Crippen LogP contribution in [0.3, 0.4) is 0 Å². The van der Waals surface area contributed by atoms with E-state index >= 15 is 0 Å². The summed E-state index contributed by atoms with van der Waals surface area (Å²) in [6, 6.07) is 13.3. The highest BCUT2D eigenvalue weighted by molar-refractivity contribution is 6.46. The van der Waals surface area contributed by atoms with Crippen LogP contribution in [0.25, 0.3) is 5.76 Å². The van der Waals surface area contributed by atoms with Crippen molar-refractivity contribution in [3.05, 3.63) is 65.2 Å². The van der Waals surface area contributed by atoms with Gasteiger partial charge in [-0.2, -0.15) is 0 Å². The van der Waals surface area contributed by atoms with Gasteiger partial charge in [-0.3, -0.25) is 9.59 Å². The number of carbonyl (C=O) groups excluding carboxylic acids is 2. The van der Waals surface area contributed by atoms with Crippen molar-refractivity contribution in [1.82, 2.24) is 9.80 Å². The number of amides is 1. The third kappa shape index (κ3) is 4.56. The third-order valence-corrected chi connectivity index (χ3v) is 5.18. The maximum Gasteiger partial charge on any atom is 0.295 e. The molecule has 1 amide bonds. The van der Waals surface area contributed by atoms with E-state index in [-0.39, 0.29) is 11.3 Å². The lowest BCUT2D eigenvalue weighted by molar-refractivity contribution is -0.140. The fraction of sp³-hybridized carbons (Fsp3) is 0.333. The van der Waals surface area contributed by atoms with Crippen molar-refractivity contribution in [2.45, 2.75) is 13.0 Å². The molecule has 31 heavy (non-hydrogen) atoms. The molecule has 0 bridgehead atoms. The molecule has 0 saturated carbocycles. The second-order valence-electron chi connectivity index (χ2n) is 7.51. The number of nitrogens with zero attached hydrogens (tertiary/aromatic N) is 2. The molecule has 1 atom stereocenters. The van der Waals surface area contributed by atoms with Gasteiger partial charge in [-0.1, -0.05) is 36.4 Å². The van der Waals surface area contributed by atoms with Gasteiger partial charge >= 0.3 is 0 Å². The summed E-state index contributed by atoms with van der Waals surface area (Å²) in [5, 5.41) is 11.0. The molecule has 0 unspecified atom stereocenters. The number of hydrogen-bond acceptors (Lipinski definition) is 6. The number of ketones is 1. The number of benzene rings is 2. The standard InChI is InChI=1S/C24H28N2O5/c1-5-31-18-12-11-17(15-19(18)30-4)21-20(22(27)16-9-7-6-8-10-16)23(28)24(29)26(21)14-13-25(2)3/h6-12,15,21,27H,5,13-14H2,1-4H3/b22-20+/t21-/m0/s1. The van der Waals surface area contributed by atoms with Gasteiger partial charge in [0.15, 0.2) is 11.5 Å². The van der Waals surface area contributed by atoms with E-state index in [1.807, 2.05) is 32.0 Å². The van der Waals surface area contributed by atoms with Crippen LogP contribution in [0.1, 0.15) is 24.1 Å². The molecule has 1 N–H and O–H groups in total. The summed E-state index contributed by atoms with van der Waals surface area (Å²) < 4.78 is 11.1. The Morgan fingerprint density at radius 2 is 1.81 bits per heavy atom.